The maximum absolute atomic E-state index is 13.3. The van der Waals surface area contributed by atoms with Gasteiger partial charge in [0, 0.05) is 12.2 Å². The summed E-state index contributed by atoms with van der Waals surface area (Å²) in [6.45, 7) is 4.93. The van der Waals surface area contributed by atoms with Crippen molar-refractivity contribution in [2.75, 3.05) is 11.9 Å². The van der Waals surface area contributed by atoms with Gasteiger partial charge in [0.15, 0.2) is 0 Å². The molecule has 7 heteroatoms. The van der Waals surface area contributed by atoms with Crippen molar-refractivity contribution in [2.45, 2.75) is 51.6 Å². The highest BCUT2D eigenvalue weighted by molar-refractivity contribution is 6.34. The predicted molar refractivity (Wildman–Crippen MR) is 114 cm³/mol. The fraction of sp³-hybridized carbons (Fsp3) is 0.435. The zero-order valence-corrected chi connectivity index (χ0v) is 17.8. The van der Waals surface area contributed by atoms with Gasteiger partial charge in [-0.1, -0.05) is 17.7 Å². The molecule has 0 atom stereocenters. The lowest BCUT2D eigenvalue weighted by atomic mass is 9.78. The summed E-state index contributed by atoms with van der Waals surface area (Å²) in [5.41, 5.74) is 7.98. The summed E-state index contributed by atoms with van der Waals surface area (Å²) in [5.74, 6) is -0.628. The number of aryl methyl sites for hydroxylation is 2. The Balaban J connectivity index is 1.70. The van der Waals surface area contributed by atoms with Gasteiger partial charge in [-0.3, -0.25) is 4.79 Å². The number of carbonyl (C=O) groups is 1. The lowest BCUT2D eigenvalue weighted by Crippen LogP contribution is -2.22. The van der Waals surface area contributed by atoms with Crippen LogP contribution in [0.5, 0.6) is 0 Å². The van der Waals surface area contributed by atoms with Gasteiger partial charge in [-0.25, -0.2) is 0 Å². The average molecular weight is 439 g/mol. The Morgan fingerprint density at radius 1 is 1.07 bits per heavy atom. The Morgan fingerprint density at radius 2 is 1.67 bits per heavy atom. The molecule has 2 aromatic rings. The molecule has 3 rings (SSSR count). The van der Waals surface area contributed by atoms with Crippen LogP contribution in [0.3, 0.4) is 0 Å². The molecule has 1 amide bonds. The van der Waals surface area contributed by atoms with Gasteiger partial charge in [0.1, 0.15) is 0 Å². The number of carbonyl (C=O) groups excluding carboxylic acids is 1. The van der Waals surface area contributed by atoms with Crippen LogP contribution in [0.2, 0.25) is 5.02 Å². The molecule has 0 saturated heterocycles. The average Bonchev–Trinajstić information content (AvgIpc) is 2.65. The molecule has 0 aliphatic heterocycles. The van der Waals surface area contributed by atoms with Gasteiger partial charge in [-0.2, -0.15) is 13.2 Å². The van der Waals surface area contributed by atoms with E-state index in [1.807, 2.05) is 0 Å². The third-order valence-electron chi connectivity index (χ3n) is 5.80. The minimum atomic E-state index is -4.56. The maximum Gasteiger partial charge on any atom is 0.416 e. The van der Waals surface area contributed by atoms with E-state index in [1.54, 1.807) is 0 Å². The van der Waals surface area contributed by atoms with Gasteiger partial charge in [-0.15, -0.1) is 0 Å². The van der Waals surface area contributed by atoms with Crippen LogP contribution in [0.4, 0.5) is 18.9 Å². The monoisotopic (exact) mass is 438 g/mol. The van der Waals surface area contributed by atoms with Crippen molar-refractivity contribution >= 4 is 23.2 Å². The highest BCUT2D eigenvalue weighted by Gasteiger charge is 2.34. The number of halogens is 4. The quantitative estimate of drug-likeness (QED) is 0.562. The van der Waals surface area contributed by atoms with Crippen LogP contribution >= 0.6 is 11.6 Å². The molecule has 0 aromatic heterocycles. The predicted octanol–water partition coefficient (Wildman–Crippen LogP) is 6.46. The molecule has 0 heterocycles. The van der Waals surface area contributed by atoms with Crippen molar-refractivity contribution in [3.05, 3.63) is 63.2 Å². The van der Waals surface area contributed by atoms with Crippen molar-refractivity contribution in [3.63, 3.8) is 0 Å². The fourth-order valence-electron chi connectivity index (χ4n) is 4.30. The summed E-state index contributed by atoms with van der Waals surface area (Å²) in [4.78, 5) is 11.6. The topological polar surface area (TPSA) is 55.1 Å². The van der Waals surface area contributed by atoms with Gasteiger partial charge in [0.05, 0.1) is 16.1 Å². The van der Waals surface area contributed by atoms with Crippen molar-refractivity contribution < 1.29 is 18.0 Å². The fourth-order valence-corrected chi connectivity index (χ4v) is 4.66. The highest BCUT2D eigenvalue weighted by atomic mass is 35.5. The molecular formula is C23H26ClF3N2O. The summed E-state index contributed by atoms with van der Waals surface area (Å²) in [5, 5.41) is 3.53. The second kappa shape index (κ2) is 8.88. The van der Waals surface area contributed by atoms with Crippen LogP contribution in [0.25, 0.3) is 0 Å². The van der Waals surface area contributed by atoms with E-state index < -0.39 is 17.6 Å². The lowest BCUT2D eigenvalue weighted by molar-refractivity contribution is -0.137. The van der Waals surface area contributed by atoms with E-state index in [0.717, 1.165) is 50.0 Å². The van der Waals surface area contributed by atoms with Gasteiger partial charge < -0.3 is 11.1 Å². The van der Waals surface area contributed by atoms with E-state index in [9.17, 15) is 18.0 Å². The Kier molecular flexibility index (Phi) is 6.65. The third-order valence-corrected chi connectivity index (χ3v) is 6.22. The summed E-state index contributed by atoms with van der Waals surface area (Å²) in [7, 11) is 0. The molecule has 3 N–H and O–H groups in total. The number of nitrogens with two attached hydrogens (primary N) is 1. The Bertz CT molecular complexity index is 915. The summed E-state index contributed by atoms with van der Waals surface area (Å²) >= 11 is 6.29. The van der Waals surface area contributed by atoms with E-state index in [-0.39, 0.29) is 16.5 Å². The van der Waals surface area contributed by atoms with E-state index in [0.29, 0.717) is 11.5 Å². The second-order valence-electron chi connectivity index (χ2n) is 8.26. The van der Waals surface area contributed by atoms with Crippen molar-refractivity contribution in [2.24, 2.45) is 11.7 Å². The van der Waals surface area contributed by atoms with Crippen molar-refractivity contribution in [1.29, 1.82) is 0 Å². The first-order valence-corrected chi connectivity index (χ1v) is 10.4. The van der Waals surface area contributed by atoms with Gasteiger partial charge in [-0.05, 0) is 92.3 Å². The molecular weight excluding hydrogens is 413 g/mol. The largest absolute Gasteiger partial charge is 0.416 e. The van der Waals surface area contributed by atoms with Crippen LogP contribution in [0, 0.1) is 19.8 Å². The molecule has 1 aliphatic rings. The van der Waals surface area contributed by atoms with E-state index in [4.69, 9.17) is 17.3 Å². The van der Waals surface area contributed by atoms with E-state index in [1.165, 1.54) is 11.1 Å². The molecule has 162 valence electrons. The first kappa shape index (κ1) is 22.5. The molecule has 1 fully saturated rings. The van der Waals surface area contributed by atoms with Crippen LogP contribution < -0.4 is 11.1 Å². The van der Waals surface area contributed by atoms with Crippen molar-refractivity contribution in [1.82, 2.24) is 0 Å². The standard InChI is InChI=1S/C23H26ClF3N2O/c1-13-7-14(2)9-18(8-13)29-12-15-3-5-16(6-4-15)19-10-17(23(25,26)27)11-20(21(19)24)22(28)30/h7-11,15-16,29H,3-6,12H2,1-2H3,(H2,28,30). The minimum absolute atomic E-state index is 0.0484. The van der Waals surface area contributed by atoms with E-state index >= 15 is 0 Å². The Labute approximate surface area is 179 Å². The molecule has 0 spiro atoms. The lowest BCUT2D eigenvalue weighted by Gasteiger charge is -2.30. The molecule has 2 aromatic carbocycles. The number of anilines is 1. The Hall–Kier alpha value is -2.21. The third kappa shape index (κ3) is 5.28. The smallest absolute Gasteiger partial charge is 0.385 e. The molecule has 3 nitrogen and oxygen atoms in total. The number of hydrogen-bond acceptors (Lipinski definition) is 2. The van der Waals surface area contributed by atoms with Crippen LogP contribution in [0.1, 0.15) is 64.2 Å². The molecule has 30 heavy (non-hydrogen) atoms. The number of rotatable bonds is 5. The second-order valence-corrected chi connectivity index (χ2v) is 8.64. The van der Waals surface area contributed by atoms with Gasteiger partial charge in [0.25, 0.3) is 0 Å². The first-order valence-electron chi connectivity index (χ1n) is 10.1. The zero-order valence-electron chi connectivity index (χ0n) is 17.1. The van der Waals surface area contributed by atoms with Crippen LogP contribution in [0.15, 0.2) is 30.3 Å². The number of hydrogen-bond donors (Lipinski definition) is 2. The van der Waals surface area contributed by atoms with Gasteiger partial charge >= 0.3 is 6.18 Å². The highest BCUT2D eigenvalue weighted by Crippen LogP contribution is 2.42. The molecule has 0 unspecified atom stereocenters. The first-order chi connectivity index (χ1) is 14.0. The summed E-state index contributed by atoms with van der Waals surface area (Å²) in [6, 6.07) is 8.15. The molecule has 0 bridgehead atoms. The number of alkyl halides is 3. The molecule has 1 aliphatic carbocycles. The number of nitrogens with one attached hydrogen (secondary N) is 1. The summed E-state index contributed by atoms with van der Waals surface area (Å²) < 4.78 is 39.9. The number of amides is 1. The number of benzene rings is 2. The van der Waals surface area contributed by atoms with Crippen LogP contribution in [-0.4, -0.2) is 12.5 Å². The zero-order chi connectivity index (χ0) is 22.1. The van der Waals surface area contributed by atoms with Crippen LogP contribution in [-0.2, 0) is 6.18 Å². The number of primary amides is 1. The van der Waals surface area contributed by atoms with E-state index in [2.05, 4.69) is 37.4 Å². The van der Waals surface area contributed by atoms with Gasteiger partial charge in [0.2, 0.25) is 5.91 Å². The minimum Gasteiger partial charge on any atom is -0.385 e. The maximum atomic E-state index is 13.3. The molecule has 0 radical (unpaired) electrons. The Morgan fingerprint density at radius 3 is 2.20 bits per heavy atom. The van der Waals surface area contributed by atoms with Crippen molar-refractivity contribution in [3.8, 4) is 0 Å². The SMILES string of the molecule is Cc1cc(C)cc(NCC2CCC(c3cc(C(F)(F)F)cc(C(N)=O)c3Cl)CC2)c1. The molecule has 1 saturated carbocycles. The normalized spacial score (nSPS) is 19.5. The summed E-state index contributed by atoms with van der Waals surface area (Å²) in [6.07, 6.45) is -1.37.